The Morgan fingerprint density at radius 2 is 1.00 bits per heavy atom. The van der Waals surface area contributed by atoms with E-state index >= 15 is 0 Å². The van der Waals surface area contributed by atoms with Crippen LogP contribution in [-0.4, -0.2) is 24.9 Å². The van der Waals surface area contributed by atoms with Gasteiger partial charge < -0.3 is 9.84 Å². The van der Waals surface area contributed by atoms with E-state index < -0.39 is 0 Å². The maximum Gasteiger partial charge on any atom is 0.0701 e. The maximum absolute atomic E-state index is 8.57. The van der Waals surface area contributed by atoms with E-state index in [-0.39, 0.29) is 0 Å². The van der Waals surface area contributed by atoms with Crippen LogP contribution in [0.2, 0.25) is 0 Å². The number of aliphatic hydroxyl groups is 1. The predicted octanol–water partition coefficient (Wildman–Crippen LogP) is 5.33. The molecule has 1 saturated heterocycles. The zero-order chi connectivity index (χ0) is 14.6. The number of hydrogen-bond acceptors (Lipinski definition) is 2. The van der Waals surface area contributed by atoms with Gasteiger partial charge in [-0.15, -0.1) is 0 Å². The molecule has 0 aromatic heterocycles. The van der Waals surface area contributed by atoms with Crippen LogP contribution in [0, 0.1) is 0 Å². The fourth-order valence-corrected chi connectivity index (χ4v) is 1.60. The Labute approximate surface area is 121 Å². The third-order valence-electron chi connectivity index (χ3n) is 2.72. The summed E-state index contributed by atoms with van der Waals surface area (Å²) < 4.78 is 4.50. The number of aliphatic hydroxyl groups excluding tert-OH is 1. The molecule has 19 heavy (non-hydrogen) atoms. The first-order chi connectivity index (χ1) is 9.33. The summed E-state index contributed by atoms with van der Waals surface area (Å²) >= 11 is 0. The molecule has 118 valence electrons. The second-order valence-electron chi connectivity index (χ2n) is 5.23. The summed E-state index contributed by atoms with van der Waals surface area (Å²) in [6, 6.07) is 0. The van der Waals surface area contributed by atoms with Gasteiger partial charge in [-0.3, -0.25) is 0 Å². The molecule has 0 aliphatic carbocycles. The van der Waals surface area contributed by atoms with Crippen molar-refractivity contribution in [2.24, 2.45) is 0 Å². The SMILES string of the molecule is C1CO1.CCC.CCCCCCCCCCCCO. The van der Waals surface area contributed by atoms with Gasteiger partial charge in [0.15, 0.2) is 0 Å². The lowest BCUT2D eigenvalue weighted by Crippen LogP contribution is -1.84. The second kappa shape index (κ2) is 23.0. The summed E-state index contributed by atoms with van der Waals surface area (Å²) in [6.07, 6.45) is 14.6. The predicted molar refractivity (Wildman–Crippen MR) is 85.7 cm³/mol. The van der Waals surface area contributed by atoms with Crippen molar-refractivity contribution in [1.82, 2.24) is 0 Å². The summed E-state index contributed by atoms with van der Waals surface area (Å²) in [5.41, 5.74) is 0. The first-order valence-electron chi connectivity index (χ1n) is 8.51. The van der Waals surface area contributed by atoms with Gasteiger partial charge in [-0.05, 0) is 6.42 Å². The molecule has 1 fully saturated rings. The topological polar surface area (TPSA) is 32.8 Å². The Morgan fingerprint density at radius 1 is 0.684 bits per heavy atom. The highest BCUT2D eigenvalue weighted by Crippen LogP contribution is 2.09. The van der Waals surface area contributed by atoms with Crippen LogP contribution < -0.4 is 0 Å². The highest BCUT2D eigenvalue weighted by molar-refractivity contribution is 4.46. The van der Waals surface area contributed by atoms with Crippen molar-refractivity contribution >= 4 is 0 Å². The molecule has 1 heterocycles. The quantitative estimate of drug-likeness (QED) is 0.431. The van der Waals surface area contributed by atoms with Crippen LogP contribution >= 0.6 is 0 Å². The second-order valence-corrected chi connectivity index (χ2v) is 5.23. The van der Waals surface area contributed by atoms with Gasteiger partial charge in [0, 0.05) is 6.61 Å². The van der Waals surface area contributed by atoms with E-state index in [0.29, 0.717) is 6.61 Å². The lowest BCUT2D eigenvalue weighted by Gasteiger charge is -2.00. The molecule has 0 spiro atoms. The fraction of sp³-hybridized carbons (Fsp3) is 1.00. The lowest BCUT2D eigenvalue weighted by molar-refractivity contribution is 0.282. The average Bonchev–Trinajstić information content (AvgIpc) is 3.26. The van der Waals surface area contributed by atoms with Crippen LogP contribution in [0.5, 0.6) is 0 Å². The molecule has 0 aromatic carbocycles. The number of rotatable bonds is 10. The molecule has 0 saturated carbocycles. The highest BCUT2D eigenvalue weighted by Gasteiger charge is 1.94. The first kappa shape index (κ1) is 21.2. The van der Waals surface area contributed by atoms with Crippen molar-refractivity contribution in [2.45, 2.75) is 91.4 Å². The zero-order valence-corrected chi connectivity index (χ0v) is 13.8. The largest absolute Gasteiger partial charge is 0.396 e. The van der Waals surface area contributed by atoms with E-state index in [4.69, 9.17) is 5.11 Å². The number of ether oxygens (including phenoxy) is 1. The lowest BCUT2D eigenvalue weighted by atomic mass is 10.1. The molecule has 0 amide bonds. The molecule has 1 N–H and O–H groups in total. The smallest absolute Gasteiger partial charge is 0.0701 e. The molecule has 2 heteroatoms. The van der Waals surface area contributed by atoms with Crippen molar-refractivity contribution in [3.8, 4) is 0 Å². The van der Waals surface area contributed by atoms with Gasteiger partial charge in [0.25, 0.3) is 0 Å². The average molecular weight is 274 g/mol. The molecule has 0 atom stereocenters. The van der Waals surface area contributed by atoms with Crippen molar-refractivity contribution in [1.29, 1.82) is 0 Å². The normalized spacial score (nSPS) is 12.0. The summed E-state index contributed by atoms with van der Waals surface area (Å²) in [6.45, 7) is 8.88. The summed E-state index contributed by atoms with van der Waals surface area (Å²) in [7, 11) is 0. The molecule has 0 radical (unpaired) electrons. The van der Waals surface area contributed by atoms with E-state index in [1.54, 1.807) is 0 Å². The van der Waals surface area contributed by atoms with E-state index in [1.807, 2.05) is 0 Å². The van der Waals surface area contributed by atoms with E-state index in [2.05, 4.69) is 25.5 Å². The Bertz CT molecular complexity index is 112. The third-order valence-corrected chi connectivity index (χ3v) is 2.72. The Hall–Kier alpha value is -0.0800. The van der Waals surface area contributed by atoms with E-state index in [0.717, 1.165) is 19.6 Å². The van der Waals surface area contributed by atoms with Gasteiger partial charge in [0.1, 0.15) is 0 Å². The van der Waals surface area contributed by atoms with Crippen LogP contribution in [0.25, 0.3) is 0 Å². The monoisotopic (exact) mass is 274 g/mol. The third kappa shape index (κ3) is 38.1. The number of unbranched alkanes of at least 4 members (excludes halogenated alkanes) is 9. The summed E-state index contributed by atoms with van der Waals surface area (Å²) in [4.78, 5) is 0. The minimum Gasteiger partial charge on any atom is -0.396 e. The van der Waals surface area contributed by atoms with Crippen LogP contribution in [0.3, 0.4) is 0 Å². The molecule has 1 aliphatic heterocycles. The van der Waals surface area contributed by atoms with Crippen LogP contribution in [-0.2, 0) is 4.74 Å². The molecule has 0 bridgehead atoms. The number of hydrogen-bond donors (Lipinski definition) is 1. The molecule has 0 aromatic rings. The highest BCUT2D eigenvalue weighted by atomic mass is 16.6. The van der Waals surface area contributed by atoms with Crippen LogP contribution in [0.15, 0.2) is 0 Å². The standard InChI is InChI=1S/C12H26O.C3H8.C2H4O/c1-2-3-4-5-6-7-8-9-10-11-12-13;1-3-2;1-2-3-1/h13H,2-12H2,1H3;3H2,1-2H3;1-2H2. The van der Waals surface area contributed by atoms with Gasteiger partial charge >= 0.3 is 0 Å². The summed E-state index contributed by atoms with van der Waals surface area (Å²) in [5.74, 6) is 0. The van der Waals surface area contributed by atoms with E-state index in [9.17, 15) is 0 Å². The minimum absolute atomic E-state index is 0.372. The first-order valence-corrected chi connectivity index (χ1v) is 8.51. The molecule has 1 aliphatic rings. The molecule has 2 nitrogen and oxygen atoms in total. The van der Waals surface area contributed by atoms with Gasteiger partial charge in [0.05, 0.1) is 13.2 Å². The van der Waals surface area contributed by atoms with Crippen LogP contribution in [0.4, 0.5) is 0 Å². The van der Waals surface area contributed by atoms with Gasteiger partial charge in [-0.2, -0.15) is 0 Å². The Balaban J connectivity index is 0. The number of epoxide rings is 1. The minimum atomic E-state index is 0.372. The van der Waals surface area contributed by atoms with Crippen molar-refractivity contribution < 1.29 is 9.84 Å². The van der Waals surface area contributed by atoms with Crippen LogP contribution in [0.1, 0.15) is 91.4 Å². The van der Waals surface area contributed by atoms with E-state index in [1.165, 1.54) is 64.2 Å². The van der Waals surface area contributed by atoms with Gasteiger partial charge in [-0.1, -0.05) is 85.0 Å². The molecule has 0 unspecified atom stereocenters. The molecule has 1 rings (SSSR count). The molecular weight excluding hydrogens is 236 g/mol. The zero-order valence-electron chi connectivity index (χ0n) is 13.8. The van der Waals surface area contributed by atoms with Crippen molar-refractivity contribution in [3.05, 3.63) is 0 Å². The summed E-state index contributed by atoms with van der Waals surface area (Å²) in [5, 5.41) is 8.57. The maximum atomic E-state index is 8.57. The molecular formula is C17H38O2. The van der Waals surface area contributed by atoms with Crippen molar-refractivity contribution in [2.75, 3.05) is 19.8 Å². The Kier molecular flexibility index (Phi) is 25.7. The fourth-order valence-electron chi connectivity index (χ4n) is 1.60. The van der Waals surface area contributed by atoms with Gasteiger partial charge in [-0.25, -0.2) is 0 Å². The Morgan fingerprint density at radius 3 is 1.26 bits per heavy atom. The van der Waals surface area contributed by atoms with Gasteiger partial charge in [0.2, 0.25) is 0 Å². The van der Waals surface area contributed by atoms with Crippen molar-refractivity contribution in [3.63, 3.8) is 0 Å².